The largest absolute Gasteiger partial charge is 0.466 e. The Bertz CT molecular complexity index is 446. The summed E-state index contributed by atoms with van der Waals surface area (Å²) in [7, 11) is -1.83. The van der Waals surface area contributed by atoms with Crippen LogP contribution in [0.2, 0.25) is 18.1 Å². The van der Waals surface area contributed by atoms with Gasteiger partial charge in [-0.05, 0) is 49.2 Å². The van der Waals surface area contributed by atoms with Gasteiger partial charge in [-0.3, -0.25) is 4.79 Å². The zero-order valence-corrected chi connectivity index (χ0v) is 17.4. The second-order valence-corrected chi connectivity index (χ2v) is 13.7. The van der Waals surface area contributed by atoms with Crippen LogP contribution < -0.4 is 0 Å². The van der Waals surface area contributed by atoms with E-state index in [1.165, 1.54) is 0 Å². The van der Waals surface area contributed by atoms with E-state index in [0.717, 1.165) is 18.4 Å². The molecule has 0 aromatic heterocycles. The second-order valence-electron chi connectivity index (χ2n) is 8.95. The zero-order valence-electron chi connectivity index (χ0n) is 16.4. The van der Waals surface area contributed by atoms with Gasteiger partial charge in [-0.15, -0.1) is 0 Å². The topological polar surface area (TPSA) is 35.5 Å². The van der Waals surface area contributed by atoms with Gasteiger partial charge in [-0.25, -0.2) is 0 Å². The first-order chi connectivity index (χ1) is 10.3. The molecule has 0 bridgehead atoms. The molecule has 3 nitrogen and oxygen atoms in total. The van der Waals surface area contributed by atoms with E-state index in [0.29, 0.717) is 13.0 Å². The first kappa shape index (κ1) is 20.4. The Labute approximate surface area is 144 Å². The van der Waals surface area contributed by atoms with E-state index in [2.05, 4.69) is 54.3 Å². The van der Waals surface area contributed by atoms with Crippen molar-refractivity contribution in [3.63, 3.8) is 0 Å². The molecule has 23 heavy (non-hydrogen) atoms. The Kier molecular flexibility index (Phi) is 6.31. The number of hydrogen-bond donors (Lipinski definition) is 0. The van der Waals surface area contributed by atoms with Gasteiger partial charge in [0.05, 0.1) is 19.1 Å². The van der Waals surface area contributed by atoms with Crippen molar-refractivity contribution in [2.75, 3.05) is 6.61 Å². The monoisotopic (exact) mass is 340 g/mol. The number of carbonyl (C=O) groups is 1. The fourth-order valence-corrected chi connectivity index (χ4v) is 4.64. The van der Waals surface area contributed by atoms with E-state index in [-0.39, 0.29) is 28.4 Å². The summed E-state index contributed by atoms with van der Waals surface area (Å²) in [4.78, 5) is 12.0. The quantitative estimate of drug-likeness (QED) is 0.386. The predicted octanol–water partition coefficient (Wildman–Crippen LogP) is 5.32. The number of esters is 1. The lowest BCUT2D eigenvalue weighted by atomic mass is 9.64. The summed E-state index contributed by atoms with van der Waals surface area (Å²) in [6, 6.07) is 0. The van der Waals surface area contributed by atoms with Crippen molar-refractivity contribution in [2.45, 2.75) is 85.0 Å². The van der Waals surface area contributed by atoms with Gasteiger partial charge in [-0.2, -0.15) is 0 Å². The molecule has 1 aliphatic rings. The van der Waals surface area contributed by atoms with E-state index in [9.17, 15) is 4.79 Å². The Balaban J connectivity index is 2.95. The van der Waals surface area contributed by atoms with Crippen LogP contribution in [0.1, 0.15) is 60.8 Å². The van der Waals surface area contributed by atoms with Crippen LogP contribution in [0.4, 0.5) is 0 Å². The van der Waals surface area contributed by atoms with Crippen molar-refractivity contribution in [3.8, 4) is 0 Å². The summed E-state index contributed by atoms with van der Waals surface area (Å²) in [5.41, 5.74) is 1.07. The summed E-state index contributed by atoms with van der Waals surface area (Å²) >= 11 is 0. The Morgan fingerprint density at radius 1 is 1.35 bits per heavy atom. The molecule has 1 fully saturated rings. The Morgan fingerprint density at radius 2 is 1.91 bits per heavy atom. The minimum Gasteiger partial charge on any atom is -0.466 e. The fraction of sp³-hybridized carbons (Fsp3) is 0.842. The highest BCUT2D eigenvalue weighted by atomic mass is 28.4. The smallest absolute Gasteiger partial charge is 0.306 e. The molecule has 4 heteroatoms. The lowest BCUT2D eigenvalue weighted by molar-refractivity contribution is -0.146. The van der Waals surface area contributed by atoms with Crippen LogP contribution in [0, 0.1) is 11.3 Å². The van der Waals surface area contributed by atoms with Gasteiger partial charge in [0.2, 0.25) is 0 Å². The van der Waals surface area contributed by atoms with E-state index in [1.54, 1.807) is 0 Å². The van der Waals surface area contributed by atoms with Crippen molar-refractivity contribution in [2.24, 2.45) is 11.3 Å². The van der Waals surface area contributed by atoms with Gasteiger partial charge in [0.25, 0.3) is 0 Å². The average Bonchev–Trinajstić information content (AvgIpc) is 2.37. The minimum atomic E-state index is -1.83. The molecule has 0 aliphatic heterocycles. The minimum absolute atomic E-state index is 0.0996. The van der Waals surface area contributed by atoms with Crippen molar-refractivity contribution in [3.05, 3.63) is 12.2 Å². The Hall–Kier alpha value is -0.613. The maximum atomic E-state index is 12.0. The lowest BCUT2D eigenvalue weighted by Gasteiger charge is -2.50. The molecule has 1 rings (SSSR count). The molecule has 0 aromatic rings. The zero-order chi connectivity index (χ0) is 18.1. The van der Waals surface area contributed by atoms with Crippen LogP contribution in [0.25, 0.3) is 0 Å². The molecule has 1 saturated carbocycles. The van der Waals surface area contributed by atoms with Gasteiger partial charge in [0, 0.05) is 0 Å². The van der Waals surface area contributed by atoms with Crippen LogP contribution in [0.15, 0.2) is 12.2 Å². The van der Waals surface area contributed by atoms with Gasteiger partial charge in [-0.1, -0.05) is 46.8 Å². The van der Waals surface area contributed by atoms with Crippen molar-refractivity contribution in [1.82, 2.24) is 0 Å². The third kappa shape index (κ3) is 4.69. The SMILES string of the molecule is C=C1CC[C@H](O[Si](C)(C)C(C)(C)C)C(C)(C)[C@H]1CC(=O)OCC. The first-order valence-corrected chi connectivity index (χ1v) is 11.7. The van der Waals surface area contributed by atoms with Crippen LogP contribution in [-0.2, 0) is 14.0 Å². The first-order valence-electron chi connectivity index (χ1n) is 8.84. The van der Waals surface area contributed by atoms with Crippen LogP contribution in [0.5, 0.6) is 0 Å². The predicted molar refractivity (Wildman–Crippen MR) is 99.0 cm³/mol. The van der Waals surface area contributed by atoms with E-state index < -0.39 is 8.32 Å². The average molecular weight is 341 g/mol. The number of rotatable bonds is 5. The summed E-state index contributed by atoms with van der Waals surface area (Å²) < 4.78 is 11.9. The highest BCUT2D eigenvalue weighted by Gasteiger charge is 2.48. The number of allylic oxidation sites excluding steroid dienone is 1. The molecule has 0 spiro atoms. The lowest BCUT2D eigenvalue weighted by Crippen LogP contribution is -2.51. The van der Waals surface area contributed by atoms with Gasteiger partial charge >= 0.3 is 5.97 Å². The normalized spacial score (nSPS) is 25.3. The van der Waals surface area contributed by atoms with Crippen LogP contribution in [0.3, 0.4) is 0 Å². The highest BCUT2D eigenvalue weighted by molar-refractivity contribution is 6.74. The van der Waals surface area contributed by atoms with E-state index in [4.69, 9.17) is 9.16 Å². The maximum absolute atomic E-state index is 12.0. The molecule has 2 atom stereocenters. The van der Waals surface area contributed by atoms with E-state index in [1.807, 2.05) is 6.92 Å². The molecule has 0 unspecified atom stereocenters. The van der Waals surface area contributed by atoms with Crippen molar-refractivity contribution in [1.29, 1.82) is 0 Å². The molecular weight excluding hydrogens is 304 g/mol. The second kappa shape index (κ2) is 7.10. The summed E-state index contributed by atoms with van der Waals surface area (Å²) in [6.07, 6.45) is 2.52. The fourth-order valence-electron chi connectivity index (χ4n) is 3.15. The van der Waals surface area contributed by atoms with Crippen LogP contribution >= 0.6 is 0 Å². The van der Waals surface area contributed by atoms with Crippen LogP contribution in [-0.4, -0.2) is 27.0 Å². The summed E-state index contributed by atoms with van der Waals surface area (Å²) in [6.45, 7) is 22.4. The van der Waals surface area contributed by atoms with Gasteiger partial charge < -0.3 is 9.16 Å². The third-order valence-electron chi connectivity index (χ3n) is 5.87. The van der Waals surface area contributed by atoms with Gasteiger partial charge in [0.15, 0.2) is 8.32 Å². The number of hydrogen-bond acceptors (Lipinski definition) is 3. The molecule has 134 valence electrons. The van der Waals surface area contributed by atoms with Crippen molar-refractivity contribution < 1.29 is 14.0 Å². The summed E-state index contributed by atoms with van der Waals surface area (Å²) in [5, 5.41) is 0.189. The van der Waals surface area contributed by atoms with Crippen molar-refractivity contribution >= 4 is 14.3 Å². The molecule has 0 radical (unpaired) electrons. The maximum Gasteiger partial charge on any atom is 0.306 e. The van der Waals surface area contributed by atoms with E-state index >= 15 is 0 Å². The number of ether oxygens (including phenoxy) is 1. The highest BCUT2D eigenvalue weighted by Crippen LogP contribution is 2.49. The molecule has 0 saturated heterocycles. The standard InChI is InChI=1S/C19H36O3Si/c1-10-21-17(20)13-15-14(2)11-12-16(19(15,6)7)22-23(8,9)18(3,4)5/h15-16H,2,10-13H2,1,3-9H3/t15-,16-/m0/s1. The molecular formula is C19H36O3Si. The molecule has 0 amide bonds. The molecule has 1 aliphatic carbocycles. The number of carbonyl (C=O) groups excluding carboxylic acids is 1. The molecule has 0 heterocycles. The summed E-state index contributed by atoms with van der Waals surface area (Å²) in [5.74, 6) is 0.00442. The van der Waals surface area contributed by atoms with Gasteiger partial charge in [0.1, 0.15) is 0 Å². The molecule has 0 aromatic carbocycles. The molecule has 0 N–H and O–H groups in total. The third-order valence-corrected chi connectivity index (χ3v) is 10.4. The Morgan fingerprint density at radius 3 is 2.39 bits per heavy atom.